The molecule has 1 heterocycles. The van der Waals surface area contributed by atoms with Gasteiger partial charge in [-0.1, -0.05) is 11.6 Å². The molecule has 0 unspecified atom stereocenters. The minimum Gasteiger partial charge on any atom is -0.312 e. The van der Waals surface area contributed by atoms with Crippen molar-refractivity contribution in [2.45, 2.75) is 19.9 Å². The smallest absolute Gasteiger partial charge is 0.312 e. The summed E-state index contributed by atoms with van der Waals surface area (Å²) in [5, 5.41) is 0.0308. The van der Waals surface area contributed by atoms with Crippen molar-refractivity contribution in [3.05, 3.63) is 32.1 Å². The molecule has 0 aliphatic rings. The Hall–Kier alpha value is -1.03. The van der Waals surface area contributed by atoms with E-state index in [2.05, 4.69) is 4.98 Å². The molecule has 0 spiro atoms. The molecule has 0 aliphatic heterocycles. The summed E-state index contributed by atoms with van der Waals surface area (Å²) < 4.78 is 1.07. The monoisotopic (exact) mass is 188 g/mol. The molecule has 1 aromatic heterocycles. The van der Waals surface area contributed by atoms with E-state index in [1.807, 2.05) is 0 Å². The second-order valence-electron chi connectivity index (χ2n) is 2.71. The summed E-state index contributed by atoms with van der Waals surface area (Å²) in [6, 6.07) is -0.181. The molecule has 0 radical (unpaired) electrons. The molecule has 12 heavy (non-hydrogen) atoms. The van der Waals surface area contributed by atoms with Crippen LogP contribution in [0, 0.1) is 0 Å². The third kappa shape index (κ3) is 1.43. The van der Waals surface area contributed by atoms with Gasteiger partial charge in [0.05, 0.1) is 0 Å². The number of halogens is 1. The maximum Gasteiger partial charge on any atom is 0.328 e. The van der Waals surface area contributed by atoms with E-state index in [1.54, 1.807) is 13.8 Å². The van der Waals surface area contributed by atoms with E-state index in [4.69, 9.17) is 11.6 Å². The maximum absolute atomic E-state index is 11.2. The summed E-state index contributed by atoms with van der Waals surface area (Å²) in [5.41, 5.74) is -0.880. The Morgan fingerprint density at radius 1 is 1.50 bits per heavy atom. The molecular formula is C7H9ClN2O2. The number of H-pyrrole nitrogens is 1. The Labute approximate surface area is 73.8 Å². The van der Waals surface area contributed by atoms with Gasteiger partial charge in [0, 0.05) is 12.2 Å². The predicted octanol–water partition coefficient (Wildman–Crippen LogP) is 0.771. The number of aromatic nitrogens is 2. The minimum atomic E-state index is -0.449. The average molecular weight is 189 g/mol. The molecule has 4 nitrogen and oxygen atoms in total. The predicted molar refractivity (Wildman–Crippen MR) is 46.7 cm³/mol. The molecule has 1 aromatic rings. The Kier molecular flexibility index (Phi) is 2.38. The fourth-order valence-corrected chi connectivity index (χ4v) is 1.08. The van der Waals surface area contributed by atoms with Gasteiger partial charge in [0.15, 0.2) is 0 Å². The van der Waals surface area contributed by atoms with Crippen molar-refractivity contribution >= 4 is 11.6 Å². The van der Waals surface area contributed by atoms with E-state index in [0.29, 0.717) is 0 Å². The van der Waals surface area contributed by atoms with Gasteiger partial charge in [-0.3, -0.25) is 9.36 Å². The fraction of sp³-hybridized carbons (Fsp3) is 0.429. The van der Waals surface area contributed by atoms with Gasteiger partial charge in [0.2, 0.25) is 0 Å². The summed E-state index contributed by atoms with van der Waals surface area (Å²) in [6.07, 6.45) is 1.20. The van der Waals surface area contributed by atoms with Crippen molar-refractivity contribution < 1.29 is 0 Å². The van der Waals surface area contributed by atoms with E-state index < -0.39 is 11.2 Å². The van der Waals surface area contributed by atoms with Crippen LogP contribution in [0.4, 0.5) is 0 Å². The first-order valence-corrected chi connectivity index (χ1v) is 3.91. The Balaban J connectivity index is 3.55. The summed E-state index contributed by atoms with van der Waals surface area (Å²) >= 11 is 5.53. The van der Waals surface area contributed by atoms with Gasteiger partial charge in [0.1, 0.15) is 5.02 Å². The van der Waals surface area contributed by atoms with Crippen molar-refractivity contribution in [1.29, 1.82) is 0 Å². The van der Waals surface area contributed by atoms with Crippen LogP contribution < -0.4 is 11.2 Å². The Morgan fingerprint density at radius 3 is 2.50 bits per heavy atom. The number of aromatic amines is 1. The zero-order valence-corrected chi connectivity index (χ0v) is 7.55. The molecule has 0 aliphatic carbocycles. The molecule has 5 heteroatoms. The highest BCUT2D eigenvalue weighted by Gasteiger charge is 2.07. The van der Waals surface area contributed by atoms with Crippen LogP contribution >= 0.6 is 11.6 Å². The van der Waals surface area contributed by atoms with E-state index in [-0.39, 0.29) is 11.1 Å². The molecule has 1 rings (SSSR count). The largest absolute Gasteiger partial charge is 0.328 e. The third-order valence-corrected chi connectivity index (χ3v) is 1.75. The molecule has 0 bridgehead atoms. The summed E-state index contributed by atoms with van der Waals surface area (Å²) in [4.78, 5) is 24.7. The summed E-state index contributed by atoms with van der Waals surface area (Å²) in [6.45, 7) is 3.49. The van der Waals surface area contributed by atoms with Crippen molar-refractivity contribution in [1.82, 2.24) is 9.55 Å². The zero-order chi connectivity index (χ0) is 9.30. The number of rotatable bonds is 1. The Bertz CT molecular complexity index is 391. The molecule has 0 aromatic carbocycles. The lowest BCUT2D eigenvalue weighted by Gasteiger charge is -2.06. The third-order valence-electron chi connectivity index (χ3n) is 1.48. The van der Waals surface area contributed by atoms with Crippen molar-refractivity contribution in [2.75, 3.05) is 0 Å². The minimum absolute atomic E-state index is 0.0308. The quantitative estimate of drug-likeness (QED) is 0.708. The molecule has 0 fully saturated rings. The molecule has 0 saturated carbocycles. The highest BCUT2D eigenvalue weighted by Crippen LogP contribution is 1.98. The number of hydrogen-bond donors (Lipinski definition) is 1. The molecule has 0 atom stereocenters. The standard InChI is InChI=1S/C7H9ClN2O2/c1-4(2)10-6(11)5(8)3-9-7(10)12/h3-4H,1-2H3,(H,9,12). The van der Waals surface area contributed by atoms with Gasteiger partial charge in [0.25, 0.3) is 5.56 Å². The first-order chi connectivity index (χ1) is 5.54. The van der Waals surface area contributed by atoms with Crippen LogP contribution in [0.15, 0.2) is 15.8 Å². The maximum atomic E-state index is 11.2. The van der Waals surface area contributed by atoms with Crippen molar-refractivity contribution in [3.8, 4) is 0 Å². The van der Waals surface area contributed by atoms with E-state index in [9.17, 15) is 9.59 Å². The van der Waals surface area contributed by atoms with Gasteiger partial charge in [-0.2, -0.15) is 0 Å². The highest BCUT2D eigenvalue weighted by atomic mass is 35.5. The first kappa shape index (κ1) is 9.06. The number of nitrogens with zero attached hydrogens (tertiary/aromatic N) is 1. The van der Waals surface area contributed by atoms with Gasteiger partial charge >= 0.3 is 5.69 Å². The van der Waals surface area contributed by atoms with E-state index in [1.165, 1.54) is 6.20 Å². The van der Waals surface area contributed by atoms with Crippen LogP contribution in [0.2, 0.25) is 5.02 Å². The topological polar surface area (TPSA) is 54.9 Å². The zero-order valence-electron chi connectivity index (χ0n) is 6.80. The van der Waals surface area contributed by atoms with Gasteiger partial charge in [-0.15, -0.1) is 0 Å². The normalized spacial score (nSPS) is 10.7. The van der Waals surface area contributed by atoms with Crippen LogP contribution in [-0.2, 0) is 0 Å². The van der Waals surface area contributed by atoms with Crippen LogP contribution in [0.3, 0.4) is 0 Å². The second kappa shape index (κ2) is 3.15. The van der Waals surface area contributed by atoms with E-state index >= 15 is 0 Å². The molecule has 66 valence electrons. The van der Waals surface area contributed by atoms with Crippen molar-refractivity contribution in [2.24, 2.45) is 0 Å². The fourth-order valence-electron chi connectivity index (χ4n) is 0.933. The SMILES string of the molecule is CC(C)n1c(=O)[nH]cc(Cl)c1=O. The van der Waals surface area contributed by atoms with Crippen LogP contribution in [-0.4, -0.2) is 9.55 Å². The van der Waals surface area contributed by atoms with Crippen LogP contribution in [0.1, 0.15) is 19.9 Å². The summed E-state index contributed by atoms with van der Waals surface area (Å²) in [5.74, 6) is 0. The lowest BCUT2D eigenvalue weighted by Crippen LogP contribution is -2.36. The second-order valence-corrected chi connectivity index (χ2v) is 3.12. The van der Waals surface area contributed by atoms with Crippen LogP contribution in [0.25, 0.3) is 0 Å². The number of hydrogen-bond acceptors (Lipinski definition) is 2. The molecule has 0 amide bonds. The lowest BCUT2D eigenvalue weighted by molar-refractivity contribution is 0.546. The van der Waals surface area contributed by atoms with Gasteiger partial charge < -0.3 is 4.98 Å². The average Bonchev–Trinajstić information content (AvgIpc) is 1.97. The van der Waals surface area contributed by atoms with Crippen molar-refractivity contribution in [3.63, 3.8) is 0 Å². The van der Waals surface area contributed by atoms with E-state index in [0.717, 1.165) is 4.57 Å². The van der Waals surface area contributed by atoms with Gasteiger partial charge in [-0.05, 0) is 13.8 Å². The highest BCUT2D eigenvalue weighted by molar-refractivity contribution is 6.30. The summed E-state index contributed by atoms with van der Waals surface area (Å²) in [7, 11) is 0. The van der Waals surface area contributed by atoms with Gasteiger partial charge in [-0.25, -0.2) is 4.79 Å². The molecule has 1 N–H and O–H groups in total. The first-order valence-electron chi connectivity index (χ1n) is 3.53. The Morgan fingerprint density at radius 2 is 2.08 bits per heavy atom. The van der Waals surface area contributed by atoms with Crippen LogP contribution in [0.5, 0.6) is 0 Å². The molecule has 0 saturated heterocycles. The lowest BCUT2D eigenvalue weighted by atomic mass is 10.4. The molecular weight excluding hydrogens is 180 g/mol. The number of nitrogens with one attached hydrogen (secondary N) is 1.